The second kappa shape index (κ2) is 8.41. The van der Waals surface area contributed by atoms with E-state index in [0.717, 1.165) is 48.9 Å². The fourth-order valence-corrected chi connectivity index (χ4v) is 3.51. The van der Waals surface area contributed by atoms with Gasteiger partial charge in [0.2, 0.25) is 0 Å². The van der Waals surface area contributed by atoms with Crippen molar-refractivity contribution in [3.05, 3.63) is 41.6 Å². The topological polar surface area (TPSA) is 65.5 Å². The number of hydrogen-bond donors (Lipinski definition) is 2. The lowest BCUT2D eigenvalue weighted by molar-refractivity contribution is 0.0952. The number of unbranched alkanes of at least 4 members (excludes halogenated alkanes) is 1. The number of aliphatic hydroxyl groups is 1. The number of pyridine rings is 1. The first-order chi connectivity index (χ1) is 12.2. The quantitative estimate of drug-likeness (QED) is 0.760. The SMILES string of the molecule is Cc1ccc2cc(C(=O)NCCCCN3CCCC3CO)ccc2n1. The summed E-state index contributed by atoms with van der Waals surface area (Å²) < 4.78 is 0. The van der Waals surface area contributed by atoms with Gasteiger partial charge in [-0.05, 0) is 70.0 Å². The lowest BCUT2D eigenvalue weighted by Crippen LogP contribution is -2.33. The minimum absolute atomic E-state index is 0.0307. The lowest BCUT2D eigenvalue weighted by atomic mass is 10.1. The largest absolute Gasteiger partial charge is 0.395 e. The summed E-state index contributed by atoms with van der Waals surface area (Å²) in [4.78, 5) is 19.1. The third-order valence-corrected chi connectivity index (χ3v) is 4.96. The zero-order valence-electron chi connectivity index (χ0n) is 14.9. The van der Waals surface area contributed by atoms with Crippen LogP contribution in [0.3, 0.4) is 0 Å². The van der Waals surface area contributed by atoms with Gasteiger partial charge in [-0.25, -0.2) is 0 Å². The molecule has 2 heterocycles. The van der Waals surface area contributed by atoms with Crippen molar-refractivity contribution in [3.8, 4) is 0 Å². The van der Waals surface area contributed by atoms with Crippen molar-refractivity contribution >= 4 is 16.8 Å². The Labute approximate surface area is 149 Å². The van der Waals surface area contributed by atoms with Crippen LogP contribution in [0.2, 0.25) is 0 Å². The number of aromatic nitrogens is 1. The Kier molecular flexibility index (Phi) is 6.00. The van der Waals surface area contributed by atoms with Gasteiger partial charge in [-0.1, -0.05) is 6.07 Å². The standard InChI is InChI=1S/C20H27N3O2/c1-15-6-7-16-13-17(8-9-19(16)22-15)20(25)21-10-2-3-11-23-12-4-5-18(23)14-24/h6-9,13,18,24H,2-5,10-12,14H2,1H3,(H,21,25). The summed E-state index contributed by atoms with van der Waals surface area (Å²) in [5.74, 6) is -0.0307. The number of carbonyl (C=O) groups excluding carboxylic acids is 1. The second-order valence-electron chi connectivity index (χ2n) is 6.84. The number of carbonyl (C=O) groups is 1. The summed E-state index contributed by atoms with van der Waals surface area (Å²) in [6, 6.07) is 9.93. The van der Waals surface area contributed by atoms with E-state index >= 15 is 0 Å². The number of aliphatic hydroxyl groups excluding tert-OH is 1. The second-order valence-corrected chi connectivity index (χ2v) is 6.84. The minimum Gasteiger partial charge on any atom is -0.395 e. The molecule has 1 saturated heterocycles. The van der Waals surface area contributed by atoms with Crippen LogP contribution in [0.15, 0.2) is 30.3 Å². The highest BCUT2D eigenvalue weighted by atomic mass is 16.3. The number of nitrogens with one attached hydrogen (secondary N) is 1. The van der Waals surface area contributed by atoms with Gasteiger partial charge in [0.15, 0.2) is 0 Å². The van der Waals surface area contributed by atoms with Crippen molar-refractivity contribution in [1.82, 2.24) is 15.2 Å². The molecule has 2 aromatic rings. The molecule has 1 aliphatic rings. The molecule has 1 fully saturated rings. The van der Waals surface area contributed by atoms with Crippen molar-refractivity contribution in [2.45, 2.75) is 38.6 Å². The molecular weight excluding hydrogens is 314 g/mol. The van der Waals surface area contributed by atoms with Gasteiger partial charge in [-0.3, -0.25) is 14.7 Å². The Bertz CT molecular complexity index is 732. The molecule has 1 amide bonds. The smallest absolute Gasteiger partial charge is 0.251 e. The van der Waals surface area contributed by atoms with E-state index in [2.05, 4.69) is 15.2 Å². The molecule has 134 valence electrons. The number of hydrogen-bond acceptors (Lipinski definition) is 4. The third-order valence-electron chi connectivity index (χ3n) is 4.96. The Balaban J connectivity index is 1.44. The van der Waals surface area contributed by atoms with Crippen molar-refractivity contribution in [1.29, 1.82) is 0 Å². The normalized spacial score (nSPS) is 17.9. The van der Waals surface area contributed by atoms with Crippen LogP contribution in [0, 0.1) is 6.92 Å². The zero-order valence-corrected chi connectivity index (χ0v) is 14.9. The van der Waals surface area contributed by atoms with E-state index < -0.39 is 0 Å². The van der Waals surface area contributed by atoms with Gasteiger partial charge in [0.05, 0.1) is 12.1 Å². The number of likely N-dealkylation sites (tertiary alicyclic amines) is 1. The van der Waals surface area contributed by atoms with Crippen LogP contribution in [0.4, 0.5) is 0 Å². The predicted octanol–water partition coefficient (Wildman–Crippen LogP) is 2.51. The minimum atomic E-state index is -0.0307. The molecule has 0 bridgehead atoms. The number of fused-ring (bicyclic) bond motifs is 1. The Hall–Kier alpha value is -1.98. The van der Waals surface area contributed by atoms with Crippen molar-refractivity contribution in [2.24, 2.45) is 0 Å². The Morgan fingerprint density at radius 3 is 3.04 bits per heavy atom. The van der Waals surface area contributed by atoms with Gasteiger partial charge in [0, 0.05) is 29.2 Å². The molecule has 0 radical (unpaired) electrons. The highest BCUT2D eigenvalue weighted by molar-refractivity contribution is 5.97. The monoisotopic (exact) mass is 341 g/mol. The fraction of sp³-hybridized carbons (Fsp3) is 0.500. The van der Waals surface area contributed by atoms with Gasteiger partial charge in [0.25, 0.3) is 5.91 Å². The van der Waals surface area contributed by atoms with Crippen LogP contribution in [0.5, 0.6) is 0 Å². The Morgan fingerprint density at radius 2 is 2.20 bits per heavy atom. The summed E-state index contributed by atoms with van der Waals surface area (Å²) >= 11 is 0. The molecular formula is C20H27N3O2. The summed E-state index contributed by atoms with van der Waals surface area (Å²) in [6.07, 6.45) is 4.27. The third kappa shape index (κ3) is 4.55. The maximum atomic E-state index is 12.3. The summed E-state index contributed by atoms with van der Waals surface area (Å²) in [6.45, 7) is 4.99. The van der Waals surface area contributed by atoms with E-state index in [4.69, 9.17) is 0 Å². The van der Waals surface area contributed by atoms with Crippen molar-refractivity contribution in [2.75, 3.05) is 26.2 Å². The lowest BCUT2D eigenvalue weighted by Gasteiger charge is -2.22. The molecule has 0 aliphatic carbocycles. The van der Waals surface area contributed by atoms with E-state index in [1.54, 1.807) is 0 Å². The first-order valence-corrected chi connectivity index (χ1v) is 9.18. The highest BCUT2D eigenvalue weighted by Gasteiger charge is 2.22. The molecule has 3 rings (SSSR count). The van der Waals surface area contributed by atoms with E-state index in [-0.39, 0.29) is 12.5 Å². The average Bonchev–Trinajstić information content (AvgIpc) is 3.08. The van der Waals surface area contributed by atoms with Crippen LogP contribution < -0.4 is 5.32 Å². The summed E-state index contributed by atoms with van der Waals surface area (Å²) in [5, 5.41) is 13.3. The van der Waals surface area contributed by atoms with E-state index in [0.29, 0.717) is 18.2 Å². The number of rotatable bonds is 7. The molecule has 1 aromatic heterocycles. The maximum absolute atomic E-state index is 12.3. The van der Waals surface area contributed by atoms with Crippen LogP contribution in [0.1, 0.15) is 41.7 Å². The first kappa shape index (κ1) is 17.8. The van der Waals surface area contributed by atoms with E-state index in [1.807, 2.05) is 37.3 Å². The number of benzene rings is 1. The van der Waals surface area contributed by atoms with Crippen molar-refractivity contribution < 1.29 is 9.90 Å². The van der Waals surface area contributed by atoms with Gasteiger partial charge in [0.1, 0.15) is 0 Å². The molecule has 25 heavy (non-hydrogen) atoms. The molecule has 1 aliphatic heterocycles. The molecule has 5 heteroatoms. The number of aryl methyl sites for hydroxylation is 1. The van der Waals surface area contributed by atoms with Crippen LogP contribution in [0.25, 0.3) is 10.9 Å². The average molecular weight is 341 g/mol. The number of amides is 1. The molecule has 0 spiro atoms. The summed E-state index contributed by atoms with van der Waals surface area (Å²) in [5.41, 5.74) is 2.57. The van der Waals surface area contributed by atoms with Gasteiger partial charge < -0.3 is 10.4 Å². The van der Waals surface area contributed by atoms with Gasteiger partial charge in [-0.2, -0.15) is 0 Å². The van der Waals surface area contributed by atoms with Gasteiger partial charge in [-0.15, -0.1) is 0 Å². The first-order valence-electron chi connectivity index (χ1n) is 9.18. The summed E-state index contributed by atoms with van der Waals surface area (Å²) in [7, 11) is 0. The molecule has 5 nitrogen and oxygen atoms in total. The van der Waals surface area contributed by atoms with Crippen LogP contribution >= 0.6 is 0 Å². The number of nitrogens with zero attached hydrogens (tertiary/aromatic N) is 2. The van der Waals surface area contributed by atoms with Gasteiger partial charge >= 0.3 is 0 Å². The predicted molar refractivity (Wildman–Crippen MR) is 99.7 cm³/mol. The van der Waals surface area contributed by atoms with Crippen molar-refractivity contribution in [3.63, 3.8) is 0 Å². The molecule has 1 aromatic carbocycles. The van der Waals surface area contributed by atoms with E-state index in [1.165, 1.54) is 6.42 Å². The fourth-order valence-electron chi connectivity index (χ4n) is 3.51. The van der Waals surface area contributed by atoms with E-state index in [9.17, 15) is 9.90 Å². The van der Waals surface area contributed by atoms with Crippen LogP contribution in [-0.4, -0.2) is 53.2 Å². The Morgan fingerprint density at radius 1 is 1.32 bits per heavy atom. The highest BCUT2D eigenvalue weighted by Crippen LogP contribution is 2.17. The molecule has 2 N–H and O–H groups in total. The maximum Gasteiger partial charge on any atom is 0.251 e. The molecule has 0 saturated carbocycles. The molecule has 1 unspecified atom stereocenters. The molecule has 1 atom stereocenters. The zero-order chi connectivity index (χ0) is 17.6. The van der Waals surface area contributed by atoms with Crippen LogP contribution in [-0.2, 0) is 0 Å².